The molecule has 1 aromatic rings. The molecule has 0 amide bonds. The number of thiocarbonyl (C=S) groups is 1. The van der Waals surface area contributed by atoms with Crippen LogP contribution in [-0.4, -0.2) is 34.3 Å². The summed E-state index contributed by atoms with van der Waals surface area (Å²) in [5.41, 5.74) is 0.854. The quantitative estimate of drug-likeness (QED) is 0.601. The molecular formula is C19H25N3S. The molecule has 0 saturated carbocycles. The second kappa shape index (κ2) is 7.35. The highest BCUT2D eigenvalue weighted by Gasteiger charge is 2.47. The minimum absolute atomic E-state index is 0.232. The van der Waals surface area contributed by atoms with Crippen molar-refractivity contribution in [2.75, 3.05) is 13.1 Å². The Morgan fingerprint density at radius 3 is 2.96 bits per heavy atom. The van der Waals surface area contributed by atoms with Gasteiger partial charge < -0.3 is 4.90 Å². The Labute approximate surface area is 144 Å². The van der Waals surface area contributed by atoms with Crippen LogP contribution in [0.2, 0.25) is 0 Å². The number of rotatable bonds is 5. The first kappa shape index (κ1) is 16.3. The first-order chi connectivity index (χ1) is 11.3. The molecule has 0 fully saturated rings. The van der Waals surface area contributed by atoms with Crippen LogP contribution in [0.5, 0.6) is 0 Å². The number of nitrogens with zero attached hydrogens (tertiary/aromatic N) is 3. The van der Waals surface area contributed by atoms with Crippen LogP contribution >= 0.6 is 12.2 Å². The molecule has 2 unspecified atom stereocenters. The number of unbranched alkanes of at least 4 members (excludes halogenated alkanes) is 1. The minimum atomic E-state index is -0.232. The fraction of sp³-hybridized carbons (Fsp3) is 0.526. The lowest BCUT2D eigenvalue weighted by Gasteiger charge is -2.45. The van der Waals surface area contributed by atoms with Crippen molar-refractivity contribution >= 4 is 23.5 Å². The highest BCUT2D eigenvalue weighted by molar-refractivity contribution is 7.80. The van der Waals surface area contributed by atoms with Gasteiger partial charge in [-0.05, 0) is 43.7 Å². The third kappa shape index (κ3) is 3.23. The molecule has 4 heteroatoms. The molecule has 3 rings (SSSR count). The second-order valence-corrected chi connectivity index (χ2v) is 6.93. The van der Waals surface area contributed by atoms with E-state index in [1.54, 1.807) is 0 Å². The molecule has 1 aliphatic heterocycles. The molecule has 2 atom stereocenters. The molecular weight excluding hydrogens is 302 g/mol. The second-order valence-electron chi connectivity index (χ2n) is 6.54. The van der Waals surface area contributed by atoms with E-state index in [-0.39, 0.29) is 5.41 Å². The van der Waals surface area contributed by atoms with Gasteiger partial charge in [0.15, 0.2) is 0 Å². The van der Waals surface area contributed by atoms with Gasteiger partial charge in [0.05, 0.1) is 17.4 Å². The maximum atomic E-state index is 5.78. The smallest absolute Gasteiger partial charge is 0.119 e. The van der Waals surface area contributed by atoms with Gasteiger partial charge in [-0.15, -0.1) is 0 Å². The Hall–Kier alpha value is -1.55. The molecule has 23 heavy (non-hydrogen) atoms. The predicted molar refractivity (Wildman–Crippen MR) is 100.0 cm³/mol. The molecule has 2 heterocycles. The lowest BCUT2D eigenvalue weighted by atomic mass is 9.67. The van der Waals surface area contributed by atoms with Crippen LogP contribution in [0, 0.1) is 5.92 Å². The van der Waals surface area contributed by atoms with E-state index in [2.05, 4.69) is 41.1 Å². The highest BCUT2D eigenvalue weighted by Crippen LogP contribution is 2.42. The van der Waals surface area contributed by atoms with Crippen LogP contribution in [0.4, 0.5) is 0 Å². The van der Waals surface area contributed by atoms with E-state index in [9.17, 15) is 0 Å². The van der Waals surface area contributed by atoms with Crippen LogP contribution in [0.25, 0.3) is 0 Å². The van der Waals surface area contributed by atoms with E-state index < -0.39 is 0 Å². The van der Waals surface area contributed by atoms with Gasteiger partial charge in [-0.3, -0.25) is 4.98 Å². The van der Waals surface area contributed by atoms with Crippen LogP contribution in [-0.2, 0) is 5.41 Å². The number of pyridine rings is 1. The lowest BCUT2D eigenvalue weighted by molar-refractivity contribution is 0.247. The summed E-state index contributed by atoms with van der Waals surface area (Å²) in [4.78, 5) is 12.5. The number of aromatic nitrogens is 1. The molecule has 0 saturated heterocycles. The Kier molecular flexibility index (Phi) is 5.21. The van der Waals surface area contributed by atoms with E-state index in [0.29, 0.717) is 5.92 Å². The third-order valence-electron chi connectivity index (χ3n) is 5.06. The standard InChI is InChI=1S/C19H25N3S/c1-2-3-13-22-14-19(18(23)21-15-22,16-9-5-4-6-10-16)17-11-7-8-12-20-17/h4-5,7-8,11-12,15-16H,2-3,6,9-10,13-14H2,1H3. The molecule has 0 spiro atoms. The highest BCUT2D eigenvalue weighted by atomic mass is 32.1. The number of hydrogen-bond donors (Lipinski definition) is 0. The summed E-state index contributed by atoms with van der Waals surface area (Å²) in [5.74, 6) is 0.483. The topological polar surface area (TPSA) is 28.5 Å². The van der Waals surface area contributed by atoms with Crippen LogP contribution in [0.15, 0.2) is 41.5 Å². The molecule has 0 radical (unpaired) electrons. The van der Waals surface area contributed by atoms with E-state index in [0.717, 1.165) is 43.0 Å². The zero-order chi connectivity index (χ0) is 16.1. The van der Waals surface area contributed by atoms with Gasteiger partial charge in [0.2, 0.25) is 0 Å². The van der Waals surface area contributed by atoms with E-state index in [1.807, 2.05) is 18.6 Å². The lowest BCUT2D eigenvalue weighted by Crippen LogP contribution is -2.54. The van der Waals surface area contributed by atoms with Gasteiger partial charge in [0, 0.05) is 19.3 Å². The Balaban J connectivity index is 1.99. The van der Waals surface area contributed by atoms with E-state index >= 15 is 0 Å². The Bertz CT molecular complexity index is 596. The first-order valence-electron chi connectivity index (χ1n) is 8.66. The molecule has 1 aromatic heterocycles. The summed E-state index contributed by atoms with van der Waals surface area (Å²) in [6, 6.07) is 6.17. The van der Waals surface area contributed by atoms with Crippen molar-refractivity contribution in [1.82, 2.24) is 9.88 Å². The summed E-state index contributed by atoms with van der Waals surface area (Å²) < 4.78 is 0. The van der Waals surface area contributed by atoms with Gasteiger partial charge in [0.25, 0.3) is 0 Å². The summed E-state index contributed by atoms with van der Waals surface area (Å²) >= 11 is 5.78. The average Bonchev–Trinajstić information content (AvgIpc) is 2.62. The number of aliphatic imine (C=N–C) groups is 1. The summed E-state index contributed by atoms with van der Waals surface area (Å²) in [6.45, 7) is 4.17. The van der Waals surface area contributed by atoms with E-state index in [1.165, 1.54) is 12.8 Å². The van der Waals surface area contributed by atoms with Crippen molar-refractivity contribution < 1.29 is 0 Å². The fourth-order valence-electron chi connectivity index (χ4n) is 3.75. The zero-order valence-corrected chi connectivity index (χ0v) is 14.6. The van der Waals surface area contributed by atoms with Crippen LogP contribution < -0.4 is 0 Å². The molecule has 0 N–H and O–H groups in total. The van der Waals surface area contributed by atoms with Gasteiger partial charge >= 0.3 is 0 Å². The van der Waals surface area contributed by atoms with Crippen molar-refractivity contribution in [2.24, 2.45) is 10.9 Å². The first-order valence-corrected chi connectivity index (χ1v) is 9.07. The van der Waals surface area contributed by atoms with E-state index in [4.69, 9.17) is 17.2 Å². The number of hydrogen-bond acceptors (Lipinski definition) is 3. The molecule has 0 aromatic carbocycles. The molecule has 2 aliphatic rings. The molecule has 0 bridgehead atoms. The largest absolute Gasteiger partial charge is 0.361 e. The van der Waals surface area contributed by atoms with Crippen molar-refractivity contribution in [3.8, 4) is 0 Å². The van der Waals surface area contributed by atoms with Gasteiger partial charge in [-0.25, -0.2) is 4.99 Å². The third-order valence-corrected chi connectivity index (χ3v) is 5.53. The SMILES string of the molecule is CCCCN1C=NC(=S)C(c2ccccn2)(C2CC=CCC2)C1. The van der Waals surface area contributed by atoms with Crippen LogP contribution in [0.3, 0.4) is 0 Å². The van der Waals surface area contributed by atoms with Crippen molar-refractivity contribution in [3.63, 3.8) is 0 Å². The summed E-state index contributed by atoms with van der Waals surface area (Å²) in [6.07, 6.45) is 14.1. The molecule has 3 nitrogen and oxygen atoms in total. The maximum absolute atomic E-state index is 5.78. The van der Waals surface area contributed by atoms with Crippen molar-refractivity contribution in [3.05, 3.63) is 42.2 Å². The Morgan fingerprint density at radius 2 is 2.26 bits per heavy atom. The number of allylic oxidation sites excluding steroid dienone is 2. The molecule has 1 aliphatic carbocycles. The fourth-order valence-corrected chi connectivity index (χ4v) is 4.13. The van der Waals surface area contributed by atoms with Crippen molar-refractivity contribution in [1.29, 1.82) is 0 Å². The predicted octanol–water partition coefficient (Wildman–Crippen LogP) is 4.15. The van der Waals surface area contributed by atoms with Crippen molar-refractivity contribution in [2.45, 2.75) is 44.4 Å². The Morgan fingerprint density at radius 1 is 1.35 bits per heavy atom. The monoisotopic (exact) mass is 327 g/mol. The van der Waals surface area contributed by atoms with Gasteiger partial charge in [0.1, 0.15) is 4.99 Å². The summed E-state index contributed by atoms with van der Waals surface area (Å²) in [5, 5.41) is 0. The maximum Gasteiger partial charge on any atom is 0.119 e. The average molecular weight is 327 g/mol. The summed E-state index contributed by atoms with van der Waals surface area (Å²) in [7, 11) is 0. The zero-order valence-electron chi connectivity index (χ0n) is 13.8. The molecule has 122 valence electrons. The van der Waals surface area contributed by atoms with Gasteiger partial charge in [-0.1, -0.05) is 43.8 Å². The minimum Gasteiger partial charge on any atom is -0.361 e. The normalized spacial score (nSPS) is 27.4. The van der Waals surface area contributed by atoms with Gasteiger partial charge in [-0.2, -0.15) is 0 Å². The van der Waals surface area contributed by atoms with Crippen LogP contribution in [0.1, 0.15) is 44.7 Å².